The smallest absolute Gasteiger partial charge is 0.207 e. The normalized spacial score (nSPS) is 13.8. The number of hydrogen-bond donors (Lipinski definition) is 2. The van der Waals surface area contributed by atoms with Crippen LogP contribution in [0.4, 0.5) is 4.39 Å². The van der Waals surface area contributed by atoms with Crippen LogP contribution in [-0.4, -0.2) is 0 Å². The number of rotatable bonds is 4. The second-order valence-electron chi connectivity index (χ2n) is 2.97. The van der Waals surface area contributed by atoms with E-state index in [1.165, 1.54) is 12.1 Å². The molecule has 76 valence electrons. The van der Waals surface area contributed by atoms with Crippen LogP contribution in [0.15, 0.2) is 24.3 Å². The minimum absolute atomic E-state index is 0.0794. The maximum absolute atomic E-state index is 12.6. The van der Waals surface area contributed by atoms with E-state index in [0.29, 0.717) is 0 Å². The standard InChI is InChI=1S/C9H13FN2OP/c1-2-9(12-14(11)13)7-3-5-8(10)6-4-7/h3-6,9H,2H2,1H3,(H3,11,12,13)/q+1. The van der Waals surface area contributed by atoms with Crippen molar-refractivity contribution in [2.75, 3.05) is 0 Å². The minimum Gasteiger partial charge on any atom is -0.207 e. The van der Waals surface area contributed by atoms with Crippen molar-refractivity contribution in [1.82, 2.24) is 5.09 Å². The maximum atomic E-state index is 12.6. The van der Waals surface area contributed by atoms with Crippen molar-refractivity contribution in [3.05, 3.63) is 35.6 Å². The van der Waals surface area contributed by atoms with E-state index in [9.17, 15) is 8.96 Å². The molecule has 0 aliphatic heterocycles. The Morgan fingerprint density at radius 1 is 1.50 bits per heavy atom. The van der Waals surface area contributed by atoms with Gasteiger partial charge in [-0.15, -0.1) is 5.50 Å². The predicted molar refractivity (Wildman–Crippen MR) is 54.4 cm³/mol. The molecule has 1 rings (SSSR count). The van der Waals surface area contributed by atoms with Gasteiger partial charge < -0.3 is 0 Å². The van der Waals surface area contributed by atoms with Gasteiger partial charge in [-0.3, -0.25) is 0 Å². The first-order valence-corrected chi connectivity index (χ1v) is 5.70. The van der Waals surface area contributed by atoms with Crippen LogP contribution in [0.3, 0.4) is 0 Å². The average Bonchev–Trinajstić information content (AvgIpc) is 2.15. The maximum Gasteiger partial charge on any atom is 0.529 e. The van der Waals surface area contributed by atoms with Crippen LogP contribution in [0.2, 0.25) is 0 Å². The topological polar surface area (TPSA) is 55.1 Å². The lowest BCUT2D eigenvalue weighted by atomic mass is 10.1. The van der Waals surface area contributed by atoms with Crippen LogP contribution in [0.1, 0.15) is 24.9 Å². The van der Waals surface area contributed by atoms with Crippen molar-refractivity contribution in [3.63, 3.8) is 0 Å². The van der Waals surface area contributed by atoms with Gasteiger partial charge >= 0.3 is 8.10 Å². The zero-order valence-corrected chi connectivity index (χ0v) is 8.80. The van der Waals surface area contributed by atoms with Gasteiger partial charge in [-0.1, -0.05) is 24.1 Å². The molecule has 0 amide bonds. The molecule has 14 heavy (non-hydrogen) atoms. The molecule has 0 aliphatic rings. The lowest BCUT2D eigenvalue weighted by molar-refractivity contribution is 0.557. The number of hydrogen-bond acceptors (Lipinski definition) is 1. The molecule has 0 saturated heterocycles. The number of benzene rings is 1. The lowest BCUT2D eigenvalue weighted by Crippen LogP contribution is -2.15. The molecule has 0 spiro atoms. The van der Waals surface area contributed by atoms with Gasteiger partial charge in [0.1, 0.15) is 5.82 Å². The van der Waals surface area contributed by atoms with Crippen LogP contribution in [0, 0.1) is 5.82 Å². The summed E-state index contributed by atoms with van der Waals surface area (Å²) in [6.07, 6.45) is 0.754. The molecule has 5 heteroatoms. The Bertz CT molecular complexity index is 315. The van der Waals surface area contributed by atoms with Crippen molar-refractivity contribution in [1.29, 1.82) is 0 Å². The zero-order chi connectivity index (χ0) is 10.6. The highest BCUT2D eigenvalue weighted by molar-refractivity contribution is 7.39. The molecule has 1 aromatic rings. The summed E-state index contributed by atoms with van der Waals surface area (Å²) in [6, 6.07) is 6.00. The van der Waals surface area contributed by atoms with Crippen molar-refractivity contribution >= 4 is 8.10 Å². The molecular weight excluding hydrogens is 202 g/mol. The Morgan fingerprint density at radius 3 is 2.50 bits per heavy atom. The average molecular weight is 215 g/mol. The van der Waals surface area contributed by atoms with Gasteiger partial charge in [0.25, 0.3) is 0 Å². The Morgan fingerprint density at radius 2 is 2.07 bits per heavy atom. The fraction of sp³-hybridized carbons (Fsp3) is 0.333. The summed E-state index contributed by atoms with van der Waals surface area (Å²) in [5.41, 5.74) is 6.05. The molecule has 3 nitrogen and oxygen atoms in total. The van der Waals surface area contributed by atoms with Crippen molar-refractivity contribution in [2.24, 2.45) is 5.50 Å². The van der Waals surface area contributed by atoms with Gasteiger partial charge in [0.05, 0.1) is 6.04 Å². The zero-order valence-electron chi connectivity index (χ0n) is 7.90. The van der Waals surface area contributed by atoms with Gasteiger partial charge in [0.15, 0.2) is 0 Å². The summed E-state index contributed by atoms with van der Waals surface area (Å²) in [5.74, 6) is -0.277. The molecule has 0 aliphatic carbocycles. The highest BCUT2D eigenvalue weighted by Gasteiger charge is 2.17. The monoisotopic (exact) mass is 215 g/mol. The van der Waals surface area contributed by atoms with Gasteiger partial charge in [-0.2, -0.15) is 0 Å². The van der Waals surface area contributed by atoms with Crippen LogP contribution in [0.5, 0.6) is 0 Å². The molecule has 0 heterocycles. The summed E-state index contributed by atoms with van der Waals surface area (Å²) in [7, 11) is -1.87. The second-order valence-corrected chi connectivity index (χ2v) is 3.88. The largest absolute Gasteiger partial charge is 0.529 e. The van der Waals surface area contributed by atoms with E-state index in [2.05, 4.69) is 5.09 Å². The Labute approximate surface area is 83.4 Å². The molecule has 0 bridgehead atoms. The van der Waals surface area contributed by atoms with E-state index in [-0.39, 0.29) is 11.9 Å². The highest BCUT2D eigenvalue weighted by Crippen LogP contribution is 2.21. The van der Waals surface area contributed by atoms with E-state index in [0.717, 1.165) is 12.0 Å². The number of nitrogens with two attached hydrogens (primary N) is 1. The molecular formula is C9H13FN2OP+. The SMILES string of the molecule is CCC(N[P+](N)=O)c1ccc(F)cc1. The van der Waals surface area contributed by atoms with Crippen LogP contribution >= 0.6 is 8.10 Å². The molecule has 1 aromatic carbocycles. The van der Waals surface area contributed by atoms with Crippen molar-refractivity contribution in [3.8, 4) is 0 Å². The summed E-state index contributed by atoms with van der Waals surface area (Å²) < 4.78 is 23.4. The van der Waals surface area contributed by atoms with E-state index in [4.69, 9.17) is 5.50 Å². The first-order chi connectivity index (χ1) is 6.63. The molecule has 2 unspecified atom stereocenters. The summed E-state index contributed by atoms with van der Waals surface area (Å²) in [4.78, 5) is 0. The lowest BCUT2D eigenvalue weighted by Gasteiger charge is -2.09. The van der Waals surface area contributed by atoms with Crippen LogP contribution < -0.4 is 10.6 Å². The summed E-state index contributed by atoms with van der Waals surface area (Å²) in [6.45, 7) is 1.94. The first-order valence-electron chi connectivity index (χ1n) is 4.37. The fourth-order valence-corrected chi connectivity index (χ4v) is 1.89. The molecule has 0 radical (unpaired) electrons. The third-order valence-electron chi connectivity index (χ3n) is 1.96. The molecule has 0 saturated carbocycles. The van der Waals surface area contributed by atoms with Crippen molar-refractivity contribution in [2.45, 2.75) is 19.4 Å². The van der Waals surface area contributed by atoms with E-state index >= 15 is 0 Å². The second kappa shape index (κ2) is 5.15. The summed E-state index contributed by atoms with van der Waals surface area (Å²) >= 11 is 0. The Balaban J connectivity index is 2.78. The van der Waals surface area contributed by atoms with E-state index in [1.54, 1.807) is 12.1 Å². The molecule has 2 atom stereocenters. The molecule has 0 fully saturated rings. The quantitative estimate of drug-likeness (QED) is 0.758. The fourth-order valence-electron chi connectivity index (χ4n) is 1.25. The Kier molecular flexibility index (Phi) is 4.14. The third-order valence-corrected chi connectivity index (χ3v) is 2.53. The van der Waals surface area contributed by atoms with Gasteiger partial charge in [0.2, 0.25) is 0 Å². The minimum atomic E-state index is -1.87. The first kappa shape index (κ1) is 11.2. The Hall–Kier alpha value is -0.830. The van der Waals surface area contributed by atoms with Gasteiger partial charge in [-0.05, 0) is 28.7 Å². The van der Waals surface area contributed by atoms with Crippen molar-refractivity contribution < 1.29 is 8.96 Å². The van der Waals surface area contributed by atoms with Gasteiger partial charge in [-0.25, -0.2) is 4.39 Å². The predicted octanol–water partition coefficient (Wildman–Crippen LogP) is 2.48. The number of halogens is 1. The van der Waals surface area contributed by atoms with E-state index in [1.807, 2.05) is 6.92 Å². The van der Waals surface area contributed by atoms with Crippen LogP contribution in [-0.2, 0) is 4.57 Å². The van der Waals surface area contributed by atoms with Crippen LogP contribution in [0.25, 0.3) is 0 Å². The third kappa shape index (κ3) is 3.14. The van der Waals surface area contributed by atoms with E-state index < -0.39 is 8.10 Å². The highest BCUT2D eigenvalue weighted by atomic mass is 31.1. The number of nitrogens with one attached hydrogen (secondary N) is 1. The molecule has 0 aromatic heterocycles. The van der Waals surface area contributed by atoms with Gasteiger partial charge in [0, 0.05) is 0 Å². The molecule has 3 N–H and O–H groups in total. The summed E-state index contributed by atoms with van der Waals surface area (Å²) in [5, 5.41) is 2.73.